The van der Waals surface area contributed by atoms with Crippen LogP contribution in [-0.4, -0.2) is 58.5 Å². The second kappa shape index (κ2) is 7.99. The minimum Gasteiger partial charge on any atom is -0.496 e. The van der Waals surface area contributed by atoms with E-state index in [-0.39, 0.29) is 0 Å². The van der Waals surface area contributed by atoms with E-state index in [2.05, 4.69) is 10.2 Å². The van der Waals surface area contributed by atoms with Crippen LogP contribution in [0.1, 0.15) is 24.4 Å². The van der Waals surface area contributed by atoms with E-state index in [0.29, 0.717) is 12.0 Å². The van der Waals surface area contributed by atoms with Gasteiger partial charge in [0.15, 0.2) is 0 Å². The van der Waals surface area contributed by atoms with E-state index in [1.807, 2.05) is 18.2 Å². The van der Waals surface area contributed by atoms with E-state index in [4.69, 9.17) is 14.2 Å². The molecule has 0 aromatic heterocycles. The van der Waals surface area contributed by atoms with Crippen molar-refractivity contribution in [3.63, 3.8) is 0 Å². The number of methoxy groups -OCH3 is 2. The molecule has 2 aliphatic rings. The lowest BCUT2D eigenvalue weighted by atomic mass is 9.84. The highest BCUT2D eigenvalue weighted by molar-refractivity contribution is 5.47. The molecule has 23 heavy (non-hydrogen) atoms. The maximum Gasteiger partial charge on any atom is 0.127 e. The van der Waals surface area contributed by atoms with Crippen LogP contribution in [-0.2, 0) is 4.74 Å². The van der Waals surface area contributed by atoms with E-state index < -0.39 is 0 Å². The molecule has 0 saturated carbocycles. The van der Waals surface area contributed by atoms with Crippen molar-refractivity contribution >= 4 is 0 Å². The van der Waals surface area contributed by atoms with Gasteiger partial charge in [0.25, 0.3) is 0 Å². The quantitative estimate of drug-likeness (QED) is 0.900. The second-order valence-corrected chi connectivity index (χ2v) is 6.26. The van der Waals surface area contributed by atoms with Crippen LogP contribution in [0.3, 0.4) is 0 Å². The van der Waals surface area contributed by atoms with Crippen molar-refractivity contribution in [1.82, 2.24) is 10.2 Å². The molecule has 1 aromatic rings. The van der Waals surface area contributed by atoms with Crippen LogP contribution < -0.4 is 14.8 Å². The zero-order valence-electron chi connectivity index (χ0n) is 14.2. The summed E-state index contributed by atoms with van der Waals surface area (Å²) in [6, 6.07) is 6.42. The van der Waals surface area contributed by atoms with Crippen LogP contribution in [0.4, 0.5) is 0 Å². The first kappa shape index (κ1) is 16.6. The standard InChI is InChI=1S/C18H28N2O3/c1-21-15-4-3-5-16(22-2)17(15)18(14-6-12-23-13-7-14)20-10-8-19-9-11-20/h3-5,14,18-19H,6-13H2,1-2H3/t18-/m0/s1. The van der Waals surface area contributed by atoms with Crippen LogP contribution in [0.15, 0.2) is 18.2 Å². The number of rotatable bonds is 5. The lowest BCUT2D eigenvalue weighted by molar-refractivity contribution is 0.0199. The molecule has 5 nitrogen and oxygen atoms in total. The third kappa shape index (κ3) is 3.62. The molecule has 2 aliphatic heterocycles. The third-order valence-corrected chi connectivity index (χ3v) is 5.02. The van der Waals surface area contributed by atoms with Gasteiger partial charge in [-0.15, -0.1) is 0 Å². The third-order valence-electron chi connectivity index (χ3n) is 5.02. The highest BCUT2D eigenvalue weighted by Crippen LogP contribution is 2.43. The van der Waals surface area contributed by atoms with E-state index in [9.17, 15) is 0 Å². The molecule has 1 aromatic carbocycles. The van der Waals surface area contributed by atoms with Crippen LogP contribution in [0.2, 0.25) is 0 Å². The molecule has 128 valence electrons. The van der Waals surface area contributed by atoms with Gasteiger partial charge in [0.05, 0.1) is 19.8 Å². The van der Waals surface area contributed by atoms with Gasteiger partial charge in [-0.2, -0.15) is 0 Å². The number of hydrogen-bond donors (Lipinski definition) is 1. The summed E-state index contributed by atoms with van der Waals surface area (Å²) in [5.41, 5.74) is 1.20. The lowest BCUT2D eigenvalue weighted by Crippen LogP contribution is -2.47. The molecule has 0 amide bonds. The minimum absolute atomic E-state index is 0.326. The van der Waals surface area contributed by atoms with Gasteiger partial charge in [0, 0.05) is 45.4 Å². The van der Waals surface area contributed by atoms with E-state index in [0.717, 1.165) is 63.7 Å². The van der Waals surface area contributed by atoms with Crippen LogP contribution >= 0.6 is 0 Å². The summed E-state index contributed by atoms with van der Waals surface area (Å²) in [6.45, 7) is 5.90. The van der Waals surface area contributed by atoms with Crippen molar-refractivity contribution in [3.05, 3.63) is 23.8 Å². The van der Waals surface area contributed by atoms with Crippen LogP contribution in [0.5, 0.6) is 11.5 Å². The van der Waals surface area contributed by atoms with Crippen LogP contribution in [0.25, 0.3) is 0 Å². The summed E-state index contributed by atoms with van der Waals surface area (Å²) >= 11 is 0. The van der Waals surface area contributed by atoms with Crippen molar-refractivity contribution < 1.29 is 14.2 Å². The first-order valence-corrected chi connectivity index (χ1v) is 8.58. The van der Waals surface area contributed by atoms with Crippen molar-refractivity contribution in [2.24, 2.45) is 5.92 Å². The maximum atomic E-state index is 5.70. The number of ether oxygens (including phenoxy) is 3. The maximum absolute atomic E-state index is 5.70. The zero-order valence-corrected chi connectivity index (χ0v) is 14.2. The fourth-order valence-corrected chi connectivity index (χ4v) is 3.88. The SMILES string of the molecule is COc1cccc(OC)c1[C@H](C1CCOCC1)N1CCNCC1. The fraction of sp³-hybridized carbons (Fsp3) is 0.667. The van der Waals surface area contributed by atoms with Gasteiger partial charge in [-0.3, -0.25) is 4.90 Å². The summed E-state index contributed by atoms with van der Waals surface area (Å²) in [6.07, 6.45) is 2.19. The van der Waals surface area contributed by atoms with Crippen molar-refractivity contribution in [3.8, 4) is 11.5 Å². The molecule has 2 saturated heterocycles. The zero-order chi connectivity index (χ0) is 16.1. The van der Waals surface area contributed by atoms with E-state index in [1.54, 1.807) is 14.2 Å². The topological polar surface area (TPSA) is 43.0 Å². The first-order chi connectivity index (χ1) is 11.3. The molecule has 0 radical (unpaired) electrons. The predicted molar refractivity (Wildman–Crippen MR) is 90.3 cm³/mol. The lowest BCUT2D eigenvalue weighted by Gasteiger charge is -2.41. The summed E-state index contributed by atoms with van der Waals surface area (Å²) in [4.78, 5) is 2.59. The van der Waals surface area contributed by atoms with Gasteiger partial charge in [-0.05, 0) is 30.9 Å². The highest BCUT2D eigenvalue weighted by atomic mass is 16.5. The molecule has 1 atom stereocenters. The Morgan fingerprint density at radius 2 is 1.70 bits per heavy atom. The largest absolute Gasteiger partial charge is 0.496 e. The molecule has 2 heterocycles. The number of benzene rings is 1. The average Bonchev–Trinajstić information content (AvgIpc) is 2.64. The Balaban J connectivity index is 1.99. The van der Waals surface area contributed by atoms with Gasteiger partial charge in [-0.1, -0.05) is 6.07 Å². The Morgan fingerprint density at radius 1 is 1.09 bits per heavy atom. The predicted octanol–water partition coefficient (Wildman–Crippen LogP) is 2.08. The second-order valence-electron chi connectivity index (χ2n) is 6.26. The fourth-order valence-electron chi connectivity index (χ4n) is 3.88. The summed E-state index contributed by atoms with van der Waals surface area (Å²) < 4.78 is 17.0. The average molecular weight is 320 g/mol. The van der Waals surface area contributed by atoms with E-state index >= 15 is 0 Å². The van der Waals surface area contributed by atoms with Gasteiger partial charge >= 0.3 is 0 Å². The number of nitrogens with one attached hydrogen (secondary N) is 1. The monoisotopic (exact) mass is 320 g/mol. The van der Waals surface area contributed by atoms with Gasteiger partial charge < -0.3 is 19.5 Å². The number of hydrogen-bond acceptors (Lipinski definition) is 5. The summed E-state index contributed by atoms with van der Waals surface area (Å²) in [7, 11) is 3.49. The Labute approximate surface area is 138 Å². The molecule has 2 fully saturated rings. The van der Waals surface area contributed by atoms with Gasteiger partial charge in [0.1, 0.15) is 11.5 Å². The Bertz CT molecular complexity index is 457. The summed E-state index contributed by atoms with van der Waals surface area (Å²) in [5, 5.41) is 3.45. The molecule has 0 unspecified atom stereocenters. The van der Waals surface area contributed by atoms with Crippen molar-refractivity contribution in [2.45, 2.75) is 18.9 Å². The van der Waals surface area contributed by atoms with Gasteiger partial charge in [-0.25, -0.2) is 0 Å². The smallest absolute Gasteiger partial charge is 0.127 e. The number of nitrogens with zero attached hydrogens (tertiary/aromatic N) is 1. The minimum atomic E-state index is 0.326. The highest BCUT2D eigenvalue weighted by Gasteiger charge is 2.35. The molecule has 1 N–H and O–H groups in total. The molecule has 0 bridgehead atoms. The van der Waals surface area contributed by atoms with Crippen molar-refractivity contribution in [1.29, 1.82) is 0 Å². The molecular weight excluding hydrogens is 292 g/mol. The normalized spacial score (nSPS) is 21.8. The molecule has 5 heteroatoms. The van der Waals surface area contributed by atoms with E-state index in [1.165, 1.54) is 5.56 Å². The Hall–Kier alpha value is -1.30. The molecular formula is C18H28N2O3. The van der Waals surface area contributed by atoms with Crippen molar-refractivity contribution in [2.75, 3.05) is 53.6 Å². The van der Waals surface area contributed by atoms with Crippen LogP contribution in [0, 0.1) is 5.92 Å². The summed E-state index contributed by atoms with van der Waals surface area (Å²) in [5.74, 6) is 2.44. The van der Waals surface area contributed by atoms with Gasteiger partial charge in [0.2, 0.25) is 0 Å². The molecule has 0 spiro atoms. The Kier molecular flexibility index (Phi) is 5.75. The number of piperazine rings is 1. The first-order valence-electron chi connectivity index (χ1n) is 8.58. The molecule has 3 rings (SSSR count). The Morgan fingerprint density at radius 3 is 2.26 bits per heavy atom. The molecule has 0 aliphatic carbocycles.